The van der Waals surface area contributed by atoms with Gasteiger partial charge in [-0.1, -0.05) is 0 Å². The number of fused-ring (bicyclic) bond motifs is 2. The fourth-order valence-corrected chi connectivity index (χ4v) is 1.44. The largest absolute Gasteiger partial charge is 0.223 e. The normalized spacial score (nSPS) is 11.0. The summed E-state index contributed by atoms with van der Waals surface area (Å²) in [5, 5.41) is 30.2. The predicted molar refractivity (Wildman–Crippen MR) is 60.4 cm³/mol. The van der Waals surface area contributed by atoms with Crippen LogP contribution < -0.4 is 0 Å². The van der Waals surface area contributed by atoms with Crippen LogP contribution >= 0.6 is 0 Å². The van der Waals surface area contributed by atoms with E-state index in [1.165, 1.54) is 12.7 Å². The van der Waals surface area contributed by atoms with Crippen LogP contribution in [0.4, 0.5) is 0 Å². The summed E-state index contributed by atoms with van der Waals surface area (Å²) < 4.78 is 0. The summed E-state index contributed by atoms with van der Waals surface area (Å²) in [5.74, 6) is 0.278. The van der Waals surface area contributed by atoms with Crippen LogP contribution in [0.15, 0.2) is 12.7 Å². The second kappa shape index (κ2) is 4.04. The first kappa shape index (κ1) is 10.5. The van der Waals surface area contributed by atoms with Crippen molar-refractivity contribution in [1.29, 1.82) is 0 Å². The molecule has 4 aromatic heterocycles. The molecule has 0 bridgehead atoms. The summed E-state index contributed by atoms with van der Waals surface area (Å²) >= 11 is 0. The van der Waals surface area contributed by atoms with Crippen molar-refractivity contribution in [3.8, 4) is 11.6 Å². The lowest BCUT2D eigenvalue weighted by molar-refractivity contribution is 0.896. The standard InChI is InChI=1S/C8H2N12/c1-9-3-5(15-11-1)13-7(19-17-3)8-14-6-4(18-20-8)10-2-12-16-6/h1-2H. The fourth-order valence-electron chi connectivity index (χ4n) is 1.44. The Balaban J connectivity index is 1.91. The van der Waals surface area contributed by atoms with E-state index in [1.54, 1.807) is 0 Å². The minimum absolute atomic E-state index is 0.139. The van der Waals surface area contributed by atoms with Crippen molar-refractivity contribution in [1.82, 2.24) is 60.7 Å². The first-order valence-corrected chi connectivity index (χ1v) is 5.27. The Bertz CT molecular complexity index is 846. The summed E-state index contributed by atoms with van der Waals surface area (Å²) in [6.07, 6.45) is 2.52. The van der Waals surface area contributed by atoms with Crippen LogP contribution in [0.5, 0.6) is 0 Å². The first-order valence-electron chi connectivity index (χ1n) is 5.27. The molecule has 94 valence electrons. The monoisotopic (exact) mass is 266 g/mol. The van der Waals surface area contributed by atoms with E-state index in [0.29, 0.717) is 0 Å². The van der Waals surface area contributed by atoms with Crippen molar-refractivity contribution < 1.29 is 0 Å². The molecule has 0 N–H and O–H groups in total. The van der Waals surface area contributed by atoms with E-state index < -0.39 is 0 Å². The minimum Gasteiger partial charge on any atom is -0.210 e. The van der Waals surface area contributed by atoms with Gasteiger partial charge in [0.2, 0.25) is 34.2 Å². The van der Waals surface area contributed by atoms with Gasteiger partial charge in [0.15, 0.2) is 0 Å². The van der Waals surface area contributed by atoms with E-state index in [4.69, 9.17) is 0 Å². The van der Waals surface area contributed by atoms with Crippen molar-refractivity contribution in [2.45, 2.75) is 0 Å². The van der Waals surface area contributed by atoms with Crippen molar-refractivity contribution in [3.63, 3.8) is 0 Å². The molecule has 0 unspecified atom stereocenters. The number of nitrogens with zero attached hydrogens (tertiary/aromatic N) is 12. The number of aromatic nitrogens is 12. The molecule has 4 aromatic rings. The molecule has 12 nitrogen and oxygen atoms in total. The molecule has 0 radical (unpaired) electrons. The first-order chi connectivity index (χ1) is 9.90. The highest BCUT2D eigenvalue weighted by molar-refractivity contribution is 5.67. The van der Waals surface area contributed by atoms with E-state index >= 15 is 0 Å². The lowest BCUT2D eigenvalue weighted by Gasteiger charge is -1.98. The molecular formula is C8H2N12. The molecule has 0 spiro atoms. The number of hydrogen-bond donors (Lipinski definition) is 0. The molecule has 0 aromatic carbocycles. The average molecular weight is 266 g/mol. The zero-order valence-corrected chi connectivity index (χ0v) is 9.52. The highest BCUT2D eigenvalue weighted by atomic mass is 15.3. The molecule has 0 saturated carbocycles. The summed E-state index contributed by atoms with van der Waals surface area (Å²) in [4.78, 5) is 16.0. The maximum atomic E-state index is 4.11. The third-order valence-corrected chi connectivity index (χ3v) is 2.27. The topological polar surface area (TPSA) is 155 Å². The quantitative estimate of drug-likeness (QED) is 0.389. The summed E-state index contributed by atoms with van der Waals surface area (Å²) in [6.45, 7) is 0. The Morgan fingerprint density at radius 1 is 0.500 bits per heavy atom. The number of hydrogen-bond acceptors (Lipinski definition) is 12. The van der Waals surface area contributed by atoms with Crippen LogP contribution in [0.2, 0.25) is 0 Å². The molecule has 0 aliphatic heterocycles. The molecule has 20 heavy (non-hydrogen) atoms. The molecule has 0 atom stereocenters. The maximum absolute atomic E-state index is 4.11. The second-order valence-corrected chi connectivity index (χ2v) is 3.49. The lowest BCUT2D eigenvalue weighted by Crippen LogP contribution is -2.04. The second-order valence-electron chi connectivity index (χ2n) is 3.49. The molecule has 0 amide bonds. The van der Waals surface area contributed by atoms with E-state index in [1.807, 2.05) is 0 Å². The van der Waals surface area contributed by atoms with Crippen molar-refractivity contribution in [2.24, 2.45) is 0 Å². The molecule has 0 saturated heterocycles. The molecule has 4 heterocycles. The summed E-state index contributed by atoms with van der Waals surface area (Å²) in [5.41, 5.74) is 1.02. The van der Waals surface area contributed by atoms with Gasteiger partial charge in [0.1, 0.15) is 12.7 Å². The molecular weight excluding hydrogens is 264 g/mol. The minimum atomic E-state index is 0.139. The summed E-state index contributed by atoms with van der Waals surface area (Å²) in [7, 11) is 0. The zero-order chi connectivity index (χ0) is 13.4. The van der Waals surface area contributed by atoms with E-state index in [2.05, 4.69) is 60.7 Å². The fraction of sp³-hybridized carbons (Fsp3) is 0. The Morgan fingerprint density at radius 3 is 1.50 bits per heavy atom. The van der Waals surface area contributed by atoms with Gasteiger partial charge in [-0.3, -0.25) is 0 Å². The van der Waals surface area contributed by atoms with Gasteiger partial charge >= 0.3 is 0 Å². The molecule has 0 aliphatic rings. The van der Waals surface area contributed by atoms with Gasteiger partial charge in [-0.15, -0.1) is 40.8 Å². The van der Waals surface area contributed by atoms with Crippen molar-refractivity contribution in [3.05, 3.63) is 12.7 Å². The average Bonchev–Trinajstić information content (AvgIpc) is 2.54. The third kappa shape index (κ3) is 1.63. The van der Waals surface area contributed by atoms with Gasteiger partial charge in [-0.2, -0.15) is 9.97 Å². The van der Waals surface area contributed by atoms with Crippen LogP contribution in [0.3, 0.4) is 0 Å². The van der Waals surface area contributed by atoms with Gasteiger partial charge in [0.25, 0.3) is 0 Å². The summed E-state index contributed by atoms with van der Waals surface area (Å²) in [6, 6.07) is 0. The van der Waals surface area contributed by atoms with Gasteiger partial charge in [-0.05, 0) is 0 Å². The Hall–Kier alpha value is -3.44. The Morgan fingerprint density at radius 2 is 1.00 bits per heavy atom. The number of rotatable bonds is 1. The van der Waals surface area contributed by atoms with Crippen LogP contribution in [0, 0.1) is 0 Å². The highest BCUT2D eigenvalue weighted by Crippen LogP contribution is 2.10. The van der Waals surface area contributed by atoms with E-state index in [0.717, 1.165) is 0 Å². The molecule has 12 heteroatoms. The SMILES string of the molecule is c1nnc2nc(-c3nnc4ncnnc4n3)nnc2n1. The highest BCUT2D eigenvalue weighted by Gasteiger charge is 2.11. The van der Waals surface area contributed by atoms with Crippen LogP contribution in [0.25, 0.3) is 34.2 Å². The lowest BCUT2D eigenvalue weighted by atomic mass is 10.5. The van der Waals surface area contributed by atoms with Gasteiger partial charge in [-0.25, -0.2) is 9.97 Å². The zero-order valence-electron chi connectivity index (χ0n) is 9.52. The maximum Gasteiger partial charge on any atom is 0.223 e. The Kier molecular flexibility index (Phi) is 2.12. The third-order valence-electron chi connectivity index (χ3n) is 2.27. The van der Waals surface area contributed by atoms with Crippen molar-refractivity contribution >= 4 is 22.6 Å². The van der Waals surface area contributed by atoms with Gasteiger partial charge < -0.3 is 0 Å². The smallest absolute Gasteiger partial charge is 0.210 e. The predicted octanol–water partition coefficient (Wildman–Crippen LogP) is -1.60. The molecule has 4 rings (SSSR count). The van der Waals surface area contributed by atoms with Gasteiger partial charge in [0, 0.05) is 0 Å². The van der Waals surface area contributed by atoms with Crippen LogP contribution in [0.1, 0.15) is 0 Å². The molecule has 0 fully saturated rings. The van der Waals surface area contributed by atoms with Crippen LogP contribution in [-0.4, -0.2) is 60.7 Å². The van der Waals surface area contributed by atoms with Crippen LogP contribution in [-0.2, 0) is 0 Å². The molecule has 0 aliphatic carbocycles. The van der Waals surface area contributed by atoms with Gasteiger partial charge in [0.05, 0.1) is 0 Å². The van der Waals surface area contributed by atoms with E-state index in [-0.39, 0.29) is 34.2 Å². The Labute approximate surface area is 108 Å². The van der Waals surface area contributed by atoms with E-state index in [9.17, 15) is 0 Å². The van der Waals surface area contributed by atoms with Crippen molar-refractivity contribution in [2.75, 3.05) is 0 Å².